The molecule has 0 aromatic rings. The molecule has 4 nitrogen and oxygen atoms in total. The second-order valence-corrected chi connectivity index (χ2v) is 5.35. The van der Waals surface area contributed by atoms with E-state index < -0.39 is 5.79 Å². The summed E-state index contributed by atoms with van der Waals surface area (Å²) in [5.74, 6) is -0.929. The van der Waals surface area contributed by atoms with Gasteiger partial charge in [-0.15, -0.1) is 0 Å². The van der Waals surface area contributed by atoms with Crippen molar-refractivity contribution in [2.75, 3.05) is 20.3 Å². The van der Waals surface area contributed by atoms with E-state index in [9.17, 15) is 0 Å². The fourth-order valence-electron chi connectivity index (χ4n) is 3.37. The molecule has 0 N–H and O–H groups in total. The third kappa shape index (κ3) is 2.01. The molecule has 98 valence electrons. The molecule has 0 unspecified atom stereocenters. The van der Waals surface area contributed by atoms with Gasteiger partial charge in [-0.1, -0.05) is 0 Å². The van der Waals surface area contributed by atoms with Crippen LogP contribution < -0.4 is 0 Å². The van der Waals surface area contributed by atoms with Crippen LogP contribution in [0.15, 0.2) is 0 Å². The first-order valence-electron chi connectivity index (χ1n) is 6.80. The van der Waals surface area contributed by atoms with Crippen LogP contribution in [0.3, 0.4) is 0 Å². The molecule has 4 heteroatoms. The lowest BCUT2D eigenvalue weighted by Crippen LogP contribution is -2.59. The van der Waals surface area contributed by atoms with Crippen LogP contribution in [0.5, 0.6) is 0 Å². The minimum absolute atomic E-state index is 0.0534. The van der Waals surface area contributed by atoms with E-state index >= 15 is 0 Å². The van der Waals surface area contributed by atoms with Crippen molar-refractivity contribution in [1.29, 1.82) is 0 Å². The first kappa shape index (κ1) is 11.9. The molecular weight excluding hydrogens is 220 g/mol. The maximum absolute atomic E-state index is 6.30. The molecule has 0 amide bonds. The Hall–Kier alpha value is -0.160. The van der Waals surface area contributed by atoms with Crippen molar-refractivity contribution in [3.63, 3.8) is 0 Å². The van der Waals surface area contributed by atoms with E-state index in [4.69, 9.17) is 18.9 Å². The second-order valence-electron chi connectivity index (χ2n) is 5.35. The number of ether oxygens (including phenoxy) is 4. The van der Waals surface area contributed by atoms with Crippen LogP contribution in [0.2, 0.25) is 0 Å². The molecule has 0 radical (unpaired) electrons. The van der Waals surface area contributed by atoms with Crippen molar-refractivity contribution in [3.8, 4) is 0 Å². The summed E-state index contributed by atoms with van der Waals surface area (Å²) in [5, 5.41) is 0. The van der Waals surface area contributed by atoms with Gasteiger partial charge in [0, 0.05) is 26.4 Å². The summed E-state index contributed by atoms with van der Waals surface area (Å²) in [7, 11) is 1.75. The zero-order chi connectivity index (χ0) is 11.8. The first-order chi connectivity index (χ1) is 8.29. The maximum Gasteiger partial charge on any atom is 0.197 e. The molecule has 3 aliphatic heterocycles. The molecule has 0 saturated carbocycles. The highest BCUT2D eigenvalue weighted by molar-refractivity contribution is 4.93. The van der Waals surface area contributed by atoms with Crippen LogP contribution >= 0.6 is 0 Å². The molecule has 3 rings (SSSR count). The third-order valence-electron chi connectivity index (χ3n) is 4.25. The van der Waals surface area contributed by atoms with Gasteiger partial charge in [-0.05, 0) is 25.7 Å². The summed E-state index contributed by atoms with van der Waals surface area (Å²) in [6, 6.07) is 0. The molecule has 3 saturated heterocycles. The summed E-state index contributed by atoms with van der Waals surface area (Å²) in [6.07, 6.45) is 7.23. The van der Waals surface area contributed by atoms with Gasteiger partial charge >= 0.3 is 0 Å². The van der Waals surface area contributed by atoms with Gasteiger partial charge in [-0.25, -0.2) is 0 Å². The van der Waals surface area contributed by atoms with E-state index in [1.54, 1.807) is 7.11 Å². The molecule has 2 spiro atoms. The van der Waals surface area contributed by atoms with Crippen molar-refractivity contribution in [2.24, 2.45) is 0 Å². The number of methoxy groups -OCH3 is 1. The molecule has 3 heterocycles. The van der Waals surface area contributed by atoms with Crippen molar-refractivity contribution in [3.05, 3.63) is 0 Å². The van der Waals surface area contributed by atoms with Crippen molar-refractivity contribution in [1.82, 2.24) is 0 Å². The molecule has 3 aliphatic rings. The zero-order valence-electron chi connectivity index (χ0n) is 10.6. The number of hydrogen-bond donors (Lipinski definition) is 0. The molecule has 3 atom stereocenters. The molecule has 0 aromatic heterocycles. The first-order valence-corrected chi connectivity index (χ1v) is 6.80. The Balaban J connectivity index is 1.80. The van der Waals surface area contributed by atoms with Gasteiger partial charge < -0.3 is 18.9 Å². The Morgan fingerprint density at radius 3 is 2.53 bits per heavy atom. The second kappa shape index (κ2) is 4.50. The van der Waals surface area contributed by atoms with Gasteiger partial charge in [0.25, 0.3) is 0 Å². The van der Waals surface area contributed by atoms with Crippen LogP contribution in [-0.4, -0.2) is 38.0 Å². The lowest BCUT2D eigenvalue weighted by Gasteiger charge is -2.50. The predicted octanol–water partition coefficient (Wildman–Crippen LogP) is 2.22. The van der Waals surface area contributed by atoms with Gasteiger partial charge in [0.05, 0.1) is 13.2 Å². The smallest absolute Gasteiger partial charge is 0.197 e. The highest BCUT2D eigenvalue weighted by Gasteiger charge is 2.54. The average molecular weight is 242 g/mol. The van der Waals surface area contributed by atoms with E-state index in [-0.39, 0.29) is 11.9 Å². The van der Waals surface area contributed by atoms with Crippen molar-refractivity contribution < 1.29 is 18.9 Å². The fraction of sp³-hybridized carbons (Fsp3) is 1.00. The predicted molar refractivity (Wildman–Crippen MR) is 61.6 cm³/mol. The molecule has 0 bridgehead atoms. The standard InChI is InChI=1S/C13H22O4/c1-14-11-5-8-12(6-4-10-15-12)17-13(11)7-2-3-9-16-13/h11H,2-10H2,1H3/t11-,12+,13-/m0/s1. The van der Waals surface area contributed by atoms with Crippen LogP contribution in [0.4, 0.5) is 0 Å². The minimum atomic E-state index is -0.546. The normalized spacial score (nSPS) is 46.8. The van der Waals surface area contributed by atoms with Crippen LogP contribution in [0.25, 0.3) is 0 Å². The summed E-state index contributed by atoms with van der Waals surface area (Å²) < 4.78 is 23.7. The summed E-state index contributed by atoms with van der Waals surface area (Å²) >= 11 is 0. The molecular formula is C13H22O4. The number of hydrogen-bond acceptors (Lipinski definition) is 4. The zero-order valence-corrected chi connectivity index (χ0v) is 10.6. The van der Waals surface area contributed by atoms with Crippen molar-refractivity contribution >= 4 is 0 Å². The van der Waals surface area contributed by atoms with E-state index in [1.165, 1.54) is 0 Å². The Morgan fingerprint density at radius 2 is 1.88 bits per heavy atom. The average Bonchev–Trinajstić information content (AvgIpc) is 2.79. The number of rotatable bonds is 1. The van der Waals surface area contributed by atoms with Gasteiger partial charge in [-0.3, -0.25) is 0 Å². The summed E-state index contributed by atoms with van der Waals surface area (Å²) in [4.78, 5) is 0. The maximum atomic E-state index is 6.30. The Kier molecular flexibility index (Phi) is 3.15. The Labute approximate surface area is 103 Å². The molecule has 0 aromatic carbocycles. The van der Waals surface area contributed by atoms with Crippen molar-refractivity contribution in [2.45, 2.75) is 62.6 Å². The highest BCUT2D eigenvalue weighted by Crippen LogP contribution is 2.46. The SMILES string of the molecule is CO[C@H]1CC[C@@]2(CCCO2)O[C@@]12CCCCO2. The lowest BCUT2D eigenvalue weighted by atomic mass is 9.89. The largest absolute Gasteiger partial charge is 0.376 e. The Bertz CT molecular complexity index is 267. The minimum Gasteiger partial charge on any atom is -0.376 e. The van der Waals surface area contributed by atoms with Gasteiger partial charge in [0.1, 0.15) is 6.10 Å². The van der Waals surface area contributed by atoms with Gasteiger partial charge in [-0.2, -0.15) is 0 Å². The third-order valence-corrected chi connectivity index (χ3v) is 4.25. The monoisotopic (exact) mass is 242 g/mol. The van der Waals surface area contributed by atoms with Crippen LogP contribution in [0, 0.1) is 0 Å². The van der Waals surface area contributed by atoms with Crippen LogP contribution in [-0.2, 0) is 18.9 Å². The topological polar surface area (TPSA) is 36.9 Å². The van der Waals surface area contributed by atoms with E-state index in [1.807, 2.05) is 0 Å². The highest BCUT2D eigenvalue weighted by atomic mass is 16.8. The molecule has 3 fully saturated rings. The quantitative estimate of drug-likeness (QED) is 0.706. The summed E-state index contributed by atoms with van der Waals surface area (Å²) in [5.41, 5.74) is 0. The van der Waals surface area contributed by atoms with Crippen LogP contribution in [0.1, 0.15) is 44.9 Å². The van der Waals surface area contributed by atoms with E-state index in [0.29, 0.717) is 0 Å². The Morgan fingerprint density at radius 1 is 1.00 bits per heavy atom. The fourth-order valence-corrected chi connectivity index (χ4v) is 3.37. The molecule has 0 aliphatic carbocycles. The molecule has 17 heavy (non-hydrogen) atoms. The lowest BCUT2D eigenvalue weighted by molar-refractivity contribution is -0.406. The van der Waals surface area contributed by atoms with E-state index in [0.717, 1.165) is 58.2 Å². The van der Waals surface area contributed by atoms with E-state index in [2.05, 4.69) is 0 Å². The summed E-state index contributed by atoms with van der Waals surface area (Å²) in [6.45, 7) is 1.59. The van der Waals surface area contributed by atoms with Gasteiger partial charge in [0.15, 0.2) is 11.6 Å². The van der Waals surface area contributed by atoms with Gasteiger partial charge in [0.2, 0.25) is 0 Å².